The zero-order valence-electron chi connectivity index (χ0n) is 11.5. The predicted molar refractivity (Wildman–Crippen MR) is 74.1 cm³/mol. The third-order valence-corrected chi connectivity index (χ3v) is 3.11. The fraction of sp³-hybridized carbons (Fsp3) is 0.214. The van der Waals surface area contributed by atoms with E-state index in [9.17, 15) is 9.90 Å². The first-order valence-corrected chi connectivity index (χ1v) is 5.97. The highest BCUT2D eigenvalue weighted by atomic mass is 16.4. The number of carbonyl (C=O) groups is 1. The van der Waals surface area contributed by atoms with E-state index in [4.69, 9.17) is 5.26 Å². The van der Waals surface area contributed by atoms with Crippen LogP contribution in [0, 0.1) is 18.3 Å². The van der Waals surface area contributed by atoms with Gasteiger partial charge in [0.25, 0.3) is 0 Å². The highest BCUT2D eigenvalue weighted by molar-refractivity contribution is 5.96. The Morgan fingerprint density at radius 3 is 2.70 bits per heavy atom. The average Bonchev–Trinajstić information content (AvgIpc) is 2.72. The second-order valence-electron chi connectivity index (χ2n) is 4.40. The monoisotopic (exact) mass is 270 g/mol. The van der Waals surface area contributed by atoms with Gasteiger partial charge in [-0.25, -0.2) is 4.79 Å². The van der Waals surface area contributed by atoms with Crippen molar-refractivity contribution in [2.45, 2.75) is 6.92 Å². The first-order valence-electron chi connectivity index (χ1n) is 5.97. The number of hydrogen-bond donors (Lipinski definition) is 1. The molecular formula is C14H14N4O2. The Morgan fingerprint density at radius 1 is 1.45 bits per heavy atom. The molecule has 6 nitrogen and oxygen atoms in total. The lowest BCUT2D eigenvalue weighted by atomic mass is 10.1. The van der Waals surface area contributed by atoms with E-state index in [2.05, 4.69) is 11.2 Å². The Balaban J connectivity index is 2.63. The molecule has 1 heterocycles. The van der Waals surface area contributed by atoms with Crippen LogP contribution in [0.5, 0.6) is 0 Å². The van der Waals surface area contributed by atoms with Crippen molar-refractivity contribution in [3.05, 3.63) is 41.1 Å². The number of para-hydroxylation sites is 1. The van der Waals surface area contributed by atoms with Crippen LogP contribution in [0.1, 0.15) is 21.6 Å². The van der Waals surface area contributed by atoms with Gasteiger partial charge in [0.2, 0.25) is 0 Å². The largest absolute Gasteiger partial charge is 0.477 e. The standard InChI is InChI=1S/C14H14N4O2/c1-9-12(14(19)20)13(18(3)16-9)17(2)11-7-5-4-6-10(11)8-15/h4-7H,1-3H3,(H,19,20). The summed E-state index contributed by atoms with van der Waals surface area (Å²) in [5.41, 5.74) is 1.70. The van der Waals surface area contributed by atoms with Crippen LogP contribution in [-0.2, 0) is 7.05 Å². The van der Waals surface area contributed by atoms with Crippen LogP contribution >= 0.6 is 0 Å². The topological polar surface area (TPSA) is 82.2 Å². The number of rotatable bonds is 3. The van der Waals surface area contributed by atoms with Gasteiger partial charge in [-0.05, 0) is 19.1 Å². The molecule has 1 aromatic heterocycles. The predicted octanol–water partition coefficient (Wildman–Crippen LogP) is 2.07. The summed E-state index contributed by atoms with van der Waals surface area (Å²) in [6.45, 7) is 1.65. The lowest BCUT2D eigenvalue weighted by molar-refractivity contribution is 0.0697. The first-order chi connectivity index (χ1) is 9.47. The van der Waals surface area contributed by atoms with E-state index >= 15 is 0 Å². The molecule has 6 heteroatoms. The zero-order valence-corrected chi connectivity index (χ0v) is 11.5. The number of benzene rings is 1. The number of carboxylic acids is 1. The van der Waals surface area contributed by atoms with E-state index in [1.165, 1.54) is 4.68 Å². The molecule has 0 saturated carbocycles. The van der Waals surface area contributed by atoms with Gasteiger partial charge in [0.05, 0.1) is 16.9 Å². The summed E-state index contributed by atoms with van der Waals surface area (Å²) in [6.07, 6.45) is 0. The first kappa shape index (κ1) is 13.6. The molecule has 2 aromatic rings. The lowest BCUT2D eigenvalue weighted by Gasteiger charge is -2.21. The quantitative estimate of drug-likeness (QED) is 0.923. The van der Waals surface area contributed by atoms with E-state index in [0.29, 0.717) is 22.8 Å². The number of aryl methyl sites for hydroxylation is 2. The van der Waals surface area contributed by atoms with Gasteiger partial charge in [-0.3, -0.25) is 4.68 Å². The average molecular weight is 270 g/mol. The van der Waals surface area contributed by atoms with E-state index < -0.39 is 5.97 Å². The third-order valence-electron chi connectivity index (χ3n) is 3.11. The number of anilines is 2. The van der Waals surface area contributed by atoms with Crippen molar-refractivity contribution in [3.8, 4) is 6.07 Å². The molecule has 20 heavy (non-hydrogen) atoms. The van der Waals surface area contributed by atoms with Crippen molar-refractivity contribution >= 4 is 17.5 Å². The molecule has 2 rings (SSSR count). The molecule has 1 aromatic carbocycles. The maximum atomic E-state index is 11.4. The molecule has 0 aliphatic heterocycles. The minimum Gasteiger partial charge on any atom is -0.477 e. The molecule has 1 N–H and O–H groups in total. The molecule has 102 valence electrons. The fourth-order valence-corrected chi connectivity index (χ4v) is 2.26. The maximum absolute atomic E-state index is 11.4. The summed E-state index contributed by atoms with van der Waals surface area (Å²) in [5, 5.41) is 22.6. The summed E-state index contributed by atoms with van der Waals surface area (Å²) < 4.78 is 1.51. The molecule has 0 amide bonds. The van der Waals surface area contributed by atoms with Gasteiger partial charge in [0.15, 0.2) is 0 Å². The molecule has 0 aliphatic carbocycles. The molecule has 0 spiro atoms. The van der Waals surface area contributed by atoms with Crippen molar-refractivity contribution in [1.29, 1.82) is 5.26 Å². The third kappa shape index (κ3) is 2.10. The second kappa shape index (κ2) is 5.05. The van der Waals surface area contributed by atoms with Crippen LogP contribution in [-0.4, -0.2) is 27.9 Å². The lowest BCUT2D eigenvalue weighted by Crippen LogP contribution is -2.17. The SMILES string of the molecule is Cc1nn(C)c(N(C)c2ccccc2C#N)c1C(=O)O. The summed E-state index contributed by atoms with van der Waals surface area (Å²) in [5.74, 6) is -0.593. The van der Waals surface area contributed by atoms with Crippen LogP contribution in [0.25, 0.3) is 0 Å². The molecule has 0 saturated heterocycles. The summed E-state index contributed by atoms with van der Waals surface area (Å²) in [6, 6.07) is 9.13. The van der Waals surface area contributed by atoms with Crippen LogP contribution < -0.4 is 4.90 Å². The van der Waals surface area contributed by atoms with Gasteiger partial charge in [-0.2, -0.15) is 10.4 Å². The van der Waals surface area contributed by atoms with E-state index in [-0.39, 0.29) is 5.56 Å². The van der Waals surface area contributed by atoms with Crippen LogP contribution in [0.3, 0.4) is 0 Å². The van der Waals surface area contributed by atoms with E-state index in [1.807, 2.05) is 0 Å². The van der Waals surface area contributed by atoms with Gasteiger partial charge in [-0.1, -0.05) is 12.1 Å². The molecule has 0 fully saturated rings. The number of aromatic nitrogens is 2. The van der Waals surface area contributed by atoms with Gasteiger partial charge >= 0.3 is 5.97 Å². The van der Waals surface area contributed by atoms with Crippen LogP contribution in [0.2, 0.25) is 0 Å². The highest BCUT2D eigenvalue weighted by Gasteiger charge is 2.24. The van der Waals surface area contributed by atoms with Crippen LogP contribution in [0.15, 0.2) is 24.3 Å². The van der Waals surface area contributed by atoms with Crippen molar-refractivity contribution in [2.24, 2.45) is 7.05 Å². The Kier molecular flexibility index (Phi) is 3.44. The Hall–Kier alpha value is -2.81. The Morgan fingerprint density at radius 2 is 2.10 bits per heavy atom. The number of hydrogen-bond acceptors (Lipinski definition) is 4. The molecule has 0 atom stereocenters. The summed E-state index contributed by atoms with van der Waals surface area (Å²) >= 11 is 0. The fourth-order valence-electron chi connectivity index (χ4n) is 2.26. The van der Waals surface area contributed by atoms with Crippen molar-refractivity contribution in [2.75, 3.05) is 11.9 Å². The van der Waals surface area contributed by atoms with E-state index in [1.54, 1.807) is 50.2 Å². The van der Waals surface area contributed by atoms with Gasteiger partial charge in [0, 0.05) is 14.1 Å². The van der Waals surface area contributed by atoms with Crippen molar-refractivity contribution < 1.29 is 9.90 Å². The number of carboxylic acid groups (broad SMARTS) is 1. The molecular weight excluding hydrogens is 256 g/mol. The van der Waals surface area contributed by atoms with Gasteiger partial charge in [0.1, 0.15) is 17.5 Å². The molecule has 0 unspecified atom stereocenters. The minimum atomic E-state index is -1.04. The van der Waals surface area contributed by atoms with Crippen LogP contribution in [0.4, 0.5) is 11.5 Å². The number of aromatic carboxylic acids is 1. The maximum Gasteiger partial charge on any atom is 0.341 e. The number of nitrogens with zero attached hydrogens (tertiary/aromatic N) is 4. The smallest absolute Gasteiger partial charge is 0.341 e. The van der Waals surface area contributed by atoms with Crippen molar-refractivity contribution in [3.63, 3.8) is 0 Å². The highest BCUT2D eigenvalue weighted by Crippen LogP contribution is 2.30. The van der Waals surface area contributed by atoms with Gasteiger partial charge in [-0.15, -0.1) is 0 Å². The molecule has 0 aliphatic rings. The summed E-state index contributed by atoms with van der Waals surface area (Å²) in [7, 11) is 3.40. The Labute approximate surface area is 116 Å². The van der Waals surface area contributed by atoms with Crippen molar-refractivity contribution in [1.82, 2.24) is 9.78 Å². The normalized spacial score (nSPS) is 10.1. The Bertz CT molecular complexity index is 712. The van der Waals surface area contributed by atoms with Gasteiger partial charge < -0.3 is 10.0 Å². The number of nitriles is 1. The molecule has 0 bridgehead atoms. The van der Waals surface area contributed by atoms with E-state index in [0.717, 1.165) is 0 Å². The zero-order chi connectivity index (χ0) is 14.9. The summed E-state index contributed by atoms with van der Waals surface area (Å²) in [4.78, 5) is 13.1. The second-order valence-corrected chi connectivity index (χ2v) is 4.40. The molecule has 0 radical (unpaired) electrons. The minimum absolute atomic E-state index is 0.141.